The molecule has 3 atom stereocenters. The van der Waals surface area contributed by atoms with Crippen molar-refractivity contribution in [2.45, 2.75) is 50.4 Å². The highest BCUT2D eigenvalue weighted by atomic mass is 33.1. The molecular formula is C37H44N4O9S2. The van der Waals surface area contributed by atoms with Crippen molar-refractivity contribution in [3.8, 4) is 23.0 Å². The fraction of sp³-hybridized carbons (Fsp3) is 0.459. The number of unbranched alkanes of at least 4 members (excludes halogenated alkanes) is 2. The summed E-state index contributed by atoms with van der Waals surface area (Å²) in [6.07, 6.45) is 4.84. The predicted octanol–water partition coefficient (Wildman–Crippen LogP) is 5.88. The summed E-state index contributed by atoms with van der Waals surface area (Å²) >= 11 is 0. The zero-order chi connectivity index (χ0) is 36.9. The van der Waals surface area contributed by atoms with Crippen LogP contribution in [0.1, 0.15) is 52.8 Å². The van der Waals surface area contributed by atoms with Crippen LogP contribution >= 0.6 is 21.6 Å². The number of rotatable bonds is 14. The molecule has 6 rings (SSSR count). The number of carbonyl (C=O) groups excluding carboxylic acids is 3. The molecule has 0 spiro atoms. The van der Waals surface area contributed by atoms with Crippen molar-refractivity contribution in [1.29, 1.82) is 0 Å². The molecule has 4 aliphatic rings. The number of anilines is 1. The summed E-state index contributed by atoms with van der Waals surface area (Å²) in [5, 5.41) is 11.5. The molecule has 15 heteroatoms. The third-order valence-electron chi connectivity index (χ3n) is 9.40. The lowest BCUT2D eigenvalue weighted by molar-refractivity contribution is 0.0493. The van der Waals surface area contributed by atoms with Crippen molar-refractivity contribution in [1.82, 2.24) is 9.80 Å². The van der Waals surface area contributed by atoms with Gasteiger partial charge in [0.25, 0.3) is 11.8 Å². The molecular weight excluding hydrogens is 709 g/mol. The average Bonchev–Trinajstić information content (AvgIpc) is 3.67. The van der Waals surface area contributed by atoms with Gasteiger partial charge in [-0.05, 0) is 50.5 Å². The molecule has 2 aromatic rings. The van der Waals surface area contributed by atoms with Crippen LogP contribution in [0.15, 0.2) is 53.6 Å². The topological polar surface area (TPSA) is 140 Å². The summed E-state index contributed by atoms with van der Waals surface area (Å²) in [5.74, 6) is 1.76. The number of nitrogens with zero attached hydrogens (tertiary/aromatic N) is 4. The molecule has 2 fully saturated rings. The highest BCUT2D eigenvalue weighted by Crippen LogP contribution is 2.42. The molecule has 0 saturated carbocycles. The Kier molecular flexibility index (Phi) is 11.9. The first-order valence-corrected chi connectivity index (χ1v) is 19.9. The molecule has 4 heterocycles. The molecule has 2 saturated heterocycles. The average molecular weight is 753 g/mol. The van der Waals surface area contributed by atoms with Crippen LogP contribution in [0.5, 0.6) is 23.0 Å². The monoisotopic (exact) mass is 752 g/mol. The Labute approximate surface area is 311 Å². The number of fused-ring (bicyclic) bond motifs is 4. The van der Waals surface area contributed by atoms with E-state index in [0.717, 1.165) is 22.5 Å². The van der Waals surface area contributed by atoms with E-state index in [1.54, 1.807) is 69.0 Å². The number of methoxy groups -OCH3 is 2. The number of hydrogen-bond acceptors (Lipinski definition) is 12. The Morgan fingerprint density at radius 2 is 1.50 bits per heavy atom. The van der Waals surface area contributed by atoms with Gasteiger partial charge in [0, 0.05) is 37.2 Å². The van der Waals surface area contributed by atoms with Gasteiger partial charge in [0.1, 0.15) is 6.61 Å². The number of amides is 3. The van der Waals surface area contributed by atoms with Crippen LogP contribution in [0.3, 0.4) is 0 Å². The molecule has 0 bridgehead atoms. The second-order valence-corrected chi connectivity index (χ2v) is 15.6. The summed E-state index contributed by atoms with van der Waals surface area (Å²) in [6, 6.07) is 5.78. The second kappa shape index (κ2) is 16.6. The largest absolute Gasteiger partial charge is 0.493 e. The third kappa shape index (κ3) is 7.71. The van der Waals surface area contributed by atoms with Gasteiger partial charge in [-0.2, -0.15) is 0 Å². The molecule has 2 unspecified atom stereocenters. The predicted molar refractivity (Wildman–Crippen MR) is 202 cm³/mol. The van der Waals surface area contributed by atoms with E-state index in [-0.39, 0.29) is 42.3 Å². The number of hydrogen-bond donors (Lipinski definition) is 1. The summed E-state index contributed by atoms with van der Waals surface area (Å²) in [7, 11) is 6.14. The van der Waals surface area contributed by atoms with Crippen LogP contribution in [0.25, 0.3) is 0 Å². The number of benzene rings is 2. The van der Waals surface area contributed by atoms with E-state index in [9.17, 15) is 19.5 Å². The van der Waals surface area contributed by atoms with E-state index in [1.807, 2.05) is 6.26 Å². The number of aliphatic hydroxyl groups is 1. The number of ether oxygens (including phenoxy) is 5. The van der Waals surface area contributed by atoms with Gasteiger partial charge in [0.15, 0.2) is 29.2 Å². The van der Waals surface area contributed by atoms with Crippen LogP contribution in [-0.4, -0.2) is 116 Å². The molecule has 0 radical (unpaired) electrons. The maximum Gasteiger partial charge on any atom is 0.416 e. The van der Waals surface area contributed by atoms with Gasteiger partial charge in [-0.1, -0.05) is 45.9 Å². The van der Waals surface area contributed by atoms with Crippen molar-refractivity contribution < 1.29 is 43.2 Å². The van der Waals surface area contributed by atoms with Crippen molar-refractivity contribution >= 4 is 57.1 Å². The van der Waals surface area contributed by atoms with E-state index in [1.165, 1.54) is 7.11 Å². The van der Waals surface area contributed by atoms with Gasteiger partial charge < -0.3 is 38.6 Å². The SMILES string of the molecule is C=C1CC2C(O)N(C(=O)OCCSSC)c3cc(OCCCCCOc4cc5c(cc4OC)C(=O)N4CC(=C)C[C@@H]4C=N5)c(OC)cc3C(=O)N2C1. The quantitative estimate of drug-likeness (QED) is 0.141. The third-order valence-corrected chi connectivity index (χ3v) is 11.2. The normalized spacial score (nSPS) is 20.5. The second-order valence-electron chi connectivity index (χ2n) is 12.9. The van der Waals surface area contributed by atoms with Crippen molar-refractivity contribution in [2.75, 3.05) is 64.0 Å². The minimum atomic E-state index is -1.35. The highest BCUT2D eigenvalue weighted by Gasteiger charge is 2.46. The molecule has 3 amide bonds. The highest BCUT2D eigenvalue weighted by molar-refractivity contribution is 8.76. The van der Waals surface area contributed by atoms with Gasteiger partial charge in [-0.25, -0.2) is 9.69 Å². The van der Waals surface area contributed by atoms with E-state index < -0.39 is 18.4 Å². The molecule has 52 heavy (non-hydrogen) atoms. The van der Waals surface area contributed by atoms with Gasteiger partial charge in [-0.3, -0.25) is 14.6 Å². The first kappa shape index (κ1) is 37.4. The van der Waals surface area contributed by atoms with E-state index in [0.29, 0.717) is 85.4 Å². The van der Waals surface area contributed by atoms with Crippen LogP contribution in [-0.2, 0) is 4.74 Å². The maximum absolute atomic E-state index is 13.8. The Balaban J connectivity index is 1.09. The van der Waals surface area contributed by atoms with Crippen LogP contribution in [0.4, 0.5) is 16.2 Å². The lowest BCUT2D eigenvalue weighted by atomic mass is 10.1. The summed E-state index contributed by atoms with van der Waals surface area (Å²) in [5.41, 5.74) is 3.20. The van der Waals surface area contributed by atoms with Crippen LogP contribution in [0, 0.1) is 0 Å². The minimum Gasteiger partial charge on any atom is -0.493 e. The zero-order valence-electron chi connectivity index (χ0n) is 29.6. The van der Waals surface area contributed by atoms with Crippen molar-refractivity contribution in [3.05, 3.63) is 59.7 Å². The molecule has 4 aliphatic heterocycles. The fourth-order valence-corrected chi connectivity index (χ4v) is 7.87. The standard InChI is InChI=1S/C37H44N4O9S2/c1-22-13-24-19-38-27-17-32(30(46-3)15-25(27)34(42)39(24)20-22)48-9-7-6-8-10-49-33-18-28-26(16-31(33)47-4)35(43)40-21-23(2)14-29(40)36(44)41(28)37(45)50-11-12-52-51-5/h15-19,24,29,36,44H,1-2,6-14,20-21H2,3-5H3/t24-,29?,36?/m1/s1. The Bertz CT molecular complexity index is 1770. The molecule has 0 aromatic heterocycles. The lowest BCUT2D eigenvalue weighted by Crippen LogP contribution is -2.51. The summed E-state index contributed by atoms with van der Waals surface area (Å²) < 4.78 is 28.9. The first-order chi connectivity index (χ1) is 25.1. The number of aliphatic hydroxyl groups excluding tert-OH is 1. The molecule has 278 valence electrons. The van der Waals surface area contributed by atoms with Gasteiger partial charge in [-0.15, -0.1) is 0 Å². The Morgan fingerprint density at radius 3 is 2.19 bits per heavy atom. The number of carbonyl (C=O) groups is 3. The fourth-order valence-electron chi connectivity index (χ4n) is 6.85. The molecule has 1 N–H and O–H groups in total. The van der Waals surface area contributed by atoms with Crippen LogP contribution < -0.4 is 23.8 Å². The first-order valence-electron chi connectivity index (χ1n) is 17.1. The van der Waals surface area contributed by atoms with E-state index >= 15 is 0 Å². The van der Waals surface area contributed by atoms with Crippen molar-refractivity contribution in [2.24, 2.45) is 4.99 Å². The van der Waals surface area contributed by atoms with Crippen LogP contribution in [0.2, 0.25) is 0 Å². The van der Waals surface area contributed by atoms with Gasteiger partial charge in [0.05, 0.1) is 62.0 Å². The van der Waals surface area contributed by atoms with Gasteiger partial charge in [0.2, 0.25) is 0 Å². The van der Waals surface area contributed by atoms with E-state index in [4.69, 9.17) is 23.7 Å². The minimum absolute atomic E-state index is 0.0993. The zero-order valence-corrected chi connectivity index (χ0v) is 31.3. The van der Waals surface area contributed by atoms with Gasteiger partial charge >= 0.3 is 6.09 Å². The maximum atomic E-state index is 13.8. The summed E-state index contributed by atoms with van der Waals surface area (Å²) in [4.78, 5) is 49.5. The number of aliphatic imine (C=N–C) groups is 1. The summed E-state index contributed by atoms with van der Waals surface area (Å²) in [6.45, 7) is 9.70. The Morgan fingerprint density at radius 1 is 0.865 bits per heavy atom. The Hall–Kier alpha value is -4.34. The lowest BCUT2D eigenvalue weighted by Gasteiger charge is -2.31. The molecule has 13 nitrogen and oxygen atoms in total. The molecule has 0 aliphatic carbocycles. The smallest absolute Gasteiger partial charge is 0.416 e. The van der Waals surface area contributed by atoms with E-state index in [2.05, 4.69) is 18.2 Å². The van der Waals surface area contributed by atoms with Crippen molar-refractivity contribution in [3.63, 3.8) is 0 Å². The molecule has 2 aromatic carbocycles.